The molecule has 0 aliphatic carbocycles. The zero-order chi connectivity index (χ0) is 21.7. The highest BCUT2D eigenvalue weighted by Crippen LogP contribution is 2.27. The van der Waals surface area contributed by atoms with Crippen molar-refractivity contribution < 1.29 is 14.3 Å². The molecule has 0 unspecified atom stereocenters. The smallest absolute Gasteiger partial charge is 0.251 e. The highest BCUT2D eigenvalue weighted by atomic mass is 16.5. The van der Waals surface area contributed by atoms with Crippen LogP contribution in [0.5, 0.6) is 11.5 Å². The molecule has 0 saturated heterocycles. The van der Waals surface area contributed by atoms with Gasteiger partial charge in [-0.05, 0) is 74.2 Å². The predicted octanol–water partition coefficient (Wildman–Crippen LogP) is 5.69. The fraction of sp³-hybridized carbons (Fsp3) is 0.269. The summed E-state index contributed by atoms with van der Waals surface area (Å²) in [6.07, 6.45) is 0. The number of hydrogen-bond donors (Lipinski definition) is 1. The third-order valence-electron chi connectivity index (χ3n) is 5.34. The van der Waals surface area contributed by atoms with E-state index in [1.165, 1.54) is 5.56 Å². The molecule has 3 rings (SSSR count). The third-order valence-corrected chi connectivity index (χ3v) is 5.34. The minimum atomic E-state index is -0.127. The largest absolute Gasteiger partial charge is 0.496 e. The zero-order valence-electron chi connectivity index (χ0n) is 18.3. The van der Waals surface area contributed by atoms with Crippen molar-refractivity contribution in [2.24, 2.45) is 0 Å². The number of ether oxygens (including phenoxy) is 2. The molecule has 0 fully saturated rings. The Balaban J connectivity index is 1.77. The molecule has 3 aromatic rings. The number of benzene rings is 3. The van der Waals surface area contributed by atoms with Crippen LogP contribution < -0.4 is 14.8 Å². The van der Waals surface area contributed by atoms with Crippen molar-refractivity contribution in [3.8, 4) is 11.5 Å². The average molecular weight is 404 g/mol. The molecule has 4 nitrogen and oxygen atoms in total. The Labute approximate surface area is 178 Å². The fourth-order valence-corrected chi connectivity index (χ4v) is 3.44. The number of hydrogen-bond acceptors (Lipinski definition) is 3. The van der Waals surface area contributed by atoms with Crippen LogP contribution in [0.2, 0.25) is 0 Å². The van der Waals surface area contributed by atoms with Gasteiger partial charge >= 0.3 is 0 Å². The molecule has 1 atom stereocenters. The molecule has 0 heterocycles. The van der Waals surface area contributed by atoms with E-state index in [0.717, 1.165) is 28.0 Å². The fourth-order valence-electron chi connectivity index (χ4n) is 3.44. The van der Waals surface area contributed by atoms with E-state index < -0.39 is 0 Å². The molecule has 0 aromatic heterocycles. The summed E-state index contributed by atoms with van der Waals surface area (Å²) in [4.78, 5) is 12.8. The lowest BCUT2D eigenvalue weighted by Gasteiger charge is -2.17. The van der Waals surface area contributed by atoms with Gasteiger partial charge in [0.2, 0.25) is 0 Å². The van der Waals surface area contributed by atoms with Crippen LogP contribution in [0.3, 0.4) is 0 Å². The van der Waals surface area contributed by atoms with Crippen molar-refractivity contribution in [3.63, 3.8) is 0 Å². The molecule has 0 aliphatic heterocycles. The van der Waals surface area contributed by atoms with Crippen LogP contribution in [0.15, 0.2) is 60.7 Å². The number of aryl methyl sites for hydroxylation is 2. The van der Waals surface area contributed by atoms with Crippen molar-refractivity contribution >= 4 is 5.91 Å². The maximum Gasteiger partial charge on any atom is 0.251 e. The first-order valence-corrected chi connectivity index (χ1v) is 10.1. The molecule has 3 aromatic carbocycles. The van der Waals surface area contributed by atoms with Crippen LogP contribution in [0.1, 0.15) is 51.1 Å². The molecule has 0 radical (unpaired) electrons. The number of carbonyl (C=O) groups excluding carboxylic acids is 1. The molecular formula is C26H29NO3. The lowest BCUT2D eigenvalue weighted by Crippen LogP contribution is -2.26. The average Bonchev–Trinajstić information content (AvgIpc) is 2.75. The van der Waals surface area contributed by atoms with E-state index in [-0.39, 0.29) is 11.9 Å². The molecule has 30 heavy (non-hydrogen) atoms. The summed E-state index contributed by atoms with van der Waals surface area (Å²) >= 11 is 0. The maximum absolute atomic E-state index is 12.8. The van der Waals surface area contributed by atoms with E-state index in [9.17, 15) is 4.79 Å². The standard InChI is InChI=1S/C26H29NO3/c1-17-13-18(2)19(3)25(14-17)30-16-23-15-22(11-12-24(23)29-5)26(28)27-20(4)21-9-7-6-8-10-21/h6-15,20H,16H2,1-5H3,(H,27,28)/t20-/m1/s1. The molecule has 0 bridgehead atoms. The number of amides is 1. The Morgan fingerprint density at radius 2 is 1.70 bits per heavy atom. The summed E-state index contributed by atoms with van der Waals surface area (Å²) in [6, 6.07) is 19.4. The summed E-state index contributed by atoms with van der Waals surface area (Å²) in [5, 5.41) is 3.05. The monoisotopic (exact) mass is 403 g/mol. The van der Waals surface area contributed by atoms with Crippen LogP contribution in [-0.4, -0.2) is 13.0 Å². The van der Waals surface area contributed by atoms with Crippen molar-refractivity contribution in [2.75, 3.05) is 7.11 Å². The van der Waals surface area contributed by atoms with E-state index in [2.05, 4.69) is 32.2 Å². The first-order valence-electron chi connectivity index (χ1n) is 10.1. The van der Waals surface area contributed by atoms with E-state index in [1.54, 1.807) is 13.2 Å². The third kappa shape index (κ3) is 5.01. The molecule has 0 spiro atoms. The number of methoxy groups -OCH3 is 1. The van der Waals surface area contributed by atoms with Gasteiger partial charge in [0, 0.05) is 11.1 Å². The molecular weight excluding hydrogens is 374 g/mol. The van der Waals surface area contributed by atoms with Gasteiger partial charge in [0.1, 0.15) is 18.1 Å². The van der Waals surface area contributed by atoms with Crippen molar-refractivity contribution in [3.05, 3.63) is 94.0 Å². The Kier molecular flexibility index (Phi) is 6.78. The highest BCUT2D eigenvalue weighted by Gasteiger charge is 2.15. The van der Waals surface area contributed by atoms with E-state index in [4.69, 9.17) is 9.47 Å². The normalized spacial score (nSPS) is 11.6. The summed E-state index contributed by atoms with van der Waals surface area (Å²) in [5.41, 5.74) is 5.94. The molecule has 1 N–H and O–H groups in total. The molecule has 0 saturated carbocycles. The van der Waals surface area contributed by atoms with E-state index in [0.29, 0.717) is 17.9 Å². The Hall–Kier alpha value is -3.27. The van der Waals surface area contributed by atoms with Gasteiger partial charge in [0.25, 0.3) is 5.91 Å². The van der Waals surface area contributed by atoms with Crippen LogP contribution in [0.25, 0.3) is 0 Å². The second kappa shape index (κ2) is 9.49. The number of carbonyl (C=O) groups is 1. The van der Waals surface area contributed by atoms with Gasteiger partial charge < -0.3 is 14.8 Å². The summed E-state index contributed by atoms with van der Waals surface area (Å²) in [7, 11) is 1.62. The zero-order valence-corrected chi connectivity index (χ0v) is 18.3. The molecule has 156 valence electrons. The van der Waals surface area contributed by atoms with Crippen LogP contribution in [-0.2, 0) is 6.61 Å². The van der Waals surface area contributed by atoms with Gasteiger partial charge in [0.05, 0.1) is 13.2 Å². The summed E-state index contributed by atoms with van der Waals surface area (Å²) < 4.78 is 11.6. The lowest BCUT2D eigenvalue weighted by atomic mass is 10.1. The van der Waals surface area contributed by atoms with Gasteiger partial charge in [-0.3, -0.25) is 4.79 Å². The van der Waals surface area contributed by atoms with Crippen LogP contribution in [0.4, 0.5) is 0 Å². The topological polar surface area (TPSA) is 47.6 Å². The highest BCUT2D eigenvalue weighted by molar-refractivity contribution is 5.94. The Bertz CT molecular complexity index is 1030. The lowest BCUT2D eigenvalue weighted by molar-refractivity contribution is 0.0939. The first kappa shape index (κ1) is 21.4. The minimum Gasteiger partial charge on any atom is -0.496 e. The van der Waals surface area contributed by atoms with E-state index in [1.807, 2.05) is 55.5 Å². The maximum atomic E-state index is 12.8. The number of nitrogens with one attached hydrogen (secondary N) is 1. The van der Waals surface area contributed by atoms with Gasteiger partial charge in [0.15, 0.2) is 0 Å². The van der Waals surface area contributed by atoms with E-state index >= 15 is 0 Å². The minimum absolute atomic E-state index is 0.0848. The SMILES string of the molecule is COc1ccc(C(=O)N[C@H](C)c2ccccc2)cc1COc1cc(C)cc(C)c1C. The number of rotatable bonds is 7. The summed E-state index contributed by atoms with van der Waals surface area (Å²) in [5.74, 6) is 1.42. The predicted molar refractivity (Wildman–Crippen MR) is 120 cm³/mol. The second-order valence-electron chi connectivity index (χ2n) is 7.63. The van der Waals surface area contributed by atoms with Crippen molar-refractivity contribution in [1.82, 2.24) is 5.32 Å². The quantitative estimate of drug-likeness (QED) is 0.551. The Morgan fingerprint density at radius 1 is 0.967 bits per heavy atom. The summed E-state index contributed by atoms with van der Waals surface area (Å²) in [6.45, 7) is 8.48. The van der Waals surface area contributed by atoms with Crippen LogP contribution in [0, 0.1) is 20.8 Å². The Morgan fingerprint density at radius 3 is 2.40 bits per heavy atom. The van der Waals surface area contributed by atoms with Crippen LogP contribution >= 0.6 is 0 Å². The molecule has 0 aliphatic rings. The van der Waals surface area contributed by atoms with Crippen molar-refractivity contribution in [1.29, 1.82) is 0 Å². The molecule has 1 amide bonds. The van der Waals surface area contributed by atoms with Gasteiger partial charge in [-0.1, -0.05) is 36.4 Å². The first-order chi connectivity index (χ1) is 14.4. The second-order valence-corrected chi connectivity index (χ2v) is 7.63. The van der Waals surface area contributed by atoms with Gasteiger partial charge in [-0.25, -0.2) is 0 Å². The van der Waals surface area contributed by atoms with Gasteiger partial charge in [-0.15, -0.1) is 0 Å². The van der Waals surface area contributed by atoms with Crippen molar-refractivity contribution in [2.45, 2.75) is 40.3 Å². The van der Waals surface area contributed by atoms with Gasteiger partial charge in [-0.2, -0.15) is 0 Å². The molecule has 4 heteroatoms.